The number of nitrogens with zero attached hydrogens (tertiary/aromatic N) is 3. The van der Waals surface area contributed by atoms with Crippen LogP contribution in [0.5, 0.6) is 0 Å². The lowest BCUT2D eigenvalue weighted by Crippen LogP contribution is -2.49. The number of aromatic nitrogens is 3. The second-order valence-electron chi connectivity index (χ2n) is 5.21. The van der Waals surface area contributed by atoms with Gasteiger partial charge in [-0.05, 0) is 53.0 Å². The minimum Gasteiger partial charge on any atom is -0.368 e. The highest BCUT2D eigenvalue weighted by Gasteiger charge is 2.48. The third kappa shape index (κ3) is 2.88. The van der Waals surface area contributed by atoms with Crippen LogP contribution in [0.25, 0.3) is 0 Å². The van der Waals surface area contributed by atoms with Gasteiger partial charge in [-0.15, -0.1) is 10.2 Å². The molecule has 110 valence electrons. The van der Waals surface area contributed by atoms with Crippen molar-refractivity contribution in [3.8, 4) is 0 Å². The number of halogens is 3. The van der Waals surface area contributed by atoms with Crippen LogP contribution in [0.15, 0.2) is 35.1 Å². The first-order chi connectivity index (χ1) is 10.1. The Hall–Kier alpha value is -1.63. The van der Waals surface area contributed by atoms with E-state index in [-0.39, 0.29) is 12.8 Å². The second-order valence-corrected chi connectivity index (χ2v) is 6.03. The van der Waals surface area contributed by atoms with Gasteiger partial charge in [0.1, 0.15) is 22.4 Å². The van der Waals surface area contributed by atoms with Gasteiger partial charge in [0.15, 0.2) is 0 Å². The van der Waals surface area contributed by atoms with E-state index in [1.807, 2.05) is 0 Å². The summed E-state index contributed by atoms with van der Waals surface area (Å²) in [6.45, 7) is 0.373. The molecule has 2 aromatic rings. The topological polar surface area (TPSA) is 50.7 Å². The molecular weight excluding hydrogens is 342 g/mol. The van der Waals surface area contributed by atoms with Crippen LogP contribution in [-0.2, 0) is 5.41 Å². The van der Waals surface area contributed by atoms with Crippen molar-refractivity contribution in [3.63, 3.8) is 0 Å². The van der Waals surface area contributed by atoms with Crippen molar-refractivity contribution < 1.29 is 8.78 Å². The van der Waals surface area contributed by atoms with Gasteiger partial charge >= 0.3 is 0 Å². The van der Waals surface area contributed by atoms with Crippen LogP contribution >= 0.6 is 15.9 Å². The average Bonchev–Trinajstić information content (AvgIpc) is 2.45. The maximum absolute atomic E-state index is 14.0. The number of hydrogen-bond donors (Lipinski definition) is 1. The Balaban J connectivity index is 1.79. The van der Waals surface area contributed by atoms with Crippen LogP contribution in [-0.4, -0.2) is 27.9 Å². The summed E-state index contributed by atoms with van der Waals surface area (Å²) in [6, 6.07) is 6.40. The lowest BCUT2D eigenvalue weighted by atomic mass is 9.65. The van der Waals surface area contributed by atoms with Crippen LogP contribution in [0.4, 0.5) is 14.6 Å². The molecule has 3 rings (SSSR count). The highest BCUT2D eigenvalue weighted by Crippen LogP contribution is 2.45. The number of anilines is 1. The largest absolute Gasteiger partial charge is 0.368 e. The Labute approximate surface area is 129 Å². The van der Waals surface area contributed by atoms with E-state index >= 15 is 0 Å². The smallest absolute Gasteiger partial charge is 0.148 e. The van der Waals surface area contributed by atoms with E-state index in [9.17, 15) is 8.78 Å². The van der Waals surface area contributed by atoms with E-state index in [0.29, 0.717) is 22.7 Å². The molecule has 2 heterocycles. The molecule has 0 unspecified atom stereocenters. The van der Waals surface area contributed by atoms with Crippen molar-refractivity contribution >= 4 is 21.7 Å². The molecule has 0 aliphatic heterocycles. The van der Waals surface area contributed by atoms with Crippen LogP contribution in [0.2, 0.25) is 0 Å². The van der Waals surface area contributed by atoms with Gasteiger partial charge in [0, 0.05) is 18.2 Å². The third-order valence-electron chi connectivity index (χ3n) is 3.73. The molecule has 21 heavy (non-hydrogen) atoms. The lowest BCUT2D eigenvalue weighted by Gasteiger charge is -2.43. The minimum absolute atomic E-state index is 0.262. The van der Waals surface area contributed by atoms with Crippen molar-refractivity contribution in [3.05, 3.63) is 46.6 Å². The molecule has 0 amide bonds. The molecule has 1 aliphatic carbocycles. The third-order valence-corrected chi connectivity index (χ3v) is 4.15. The highest BCUT2D eigenvalue weighted by molar-refractivity contribution is 9.10. The normalized spacial score (nSPS) is 24.4. The van der Waals surface area contributed by atoms with Crippen molar-refractivity contribution in [1.29, 1.82) is 0 Å². The summed E-state index contributed by atoms with van der Waals surface area (Å²) in [4.78, 5) is 4.11. The van der Waals surface area contributed by atoms with Gasteiger partial charge in [-0.2, -0.15) is 0 Å². The standard InChI is InChI=1S/C14H13BrF2N4/c15-11-3-4-12(21-20-11)19-8-14(6-9(16)7-14)13-10(17)2-1-5-18-13/h1-5,9H,6-8H2,(H,19,21)/t9-,14-. The zero-order valence-corrected chi connectivity index (χ0v) is 12.6. The Morgan fingerprint density at radius 1 is 1.29 bits per heavy atom. The van der Waals surface area contributed by atoms with Crippen LogP contribution < -0.4 is 5.32 Å². The quantitative estimate of drug-likeness (QED) is 0.915. The monoisotopic (exact) mass is 354 g/mol. The Bertz CT molecular complexity index is 629. The first-order valence-corrected chi connectivity index (χ1v) is 7.36. The van der Waals surface area contributed by atoms with Gasteiger partial charge in [0.2, 0.25) is 0 Å². The van der Waals surface area contributed by atoms with Gasteiger partial charge in [0.25, 0.3) is 0 Å². The lowest BCUT2D eigenvalue weighted by molar-refractivity contribution is 0.0964. The van der Waals surface area contributed by atoms with E-state index in [2.05, 4.69) is 36.4 Å². The molecule has 0 spiro atoms. The van der Waals surface area contributed by atoms with Crippen molar-refractivity contribution in [2.45, 2.75) is 24.4 Å². The van der Waals surface area contributed by atoms with E-state index in [0.717, 1.165) is 0 Å². The van der Waals surface area contributed by atoms with Gasteiger partial charge < -0.3 is 5.32 Å². The first-order valence-electron chi connectivity index (χ1n) is 6.57. The summed E-state index contributed by atoms with van der Waals surface area (Å²) >= 11 is 3.20. The Morgan fingerprint density at radius 3 is 2.71 bits per heavy atom. The van der Waals surface area contributed by atoms with E-state index in [4.69, 9.17) is 0 Å². The number of pyridine rings is 1. The Morgan fingerprint density at radius 2 is 2.10 bits per heavy atom. The molecule has 1 saturated carbocycles. The fraction of sp³-hybridized carbons (Fsp3) is 0.357. The van der Waals surface area contributed by atoms with Gasteiger partial charge in [-0.3, -0.25) is 4.98 Å². The average molecular weight is 355 g/mol. The first kappa shape index (κ1) is 14.3. The zero-order chi connectivity index (χ0) is 14.9. The van der Waals surface area contributed by atoms with Crippen LogP contribution in [0.1, 0.15) is 18.5 Å². The molecule has 0 atom stereocenters. The second kappa shape index (κ2) is 5.63. The molecule has 7 heteroatoms. The van der Waals surface area contributed by atoms with Crippen molar-refractivity contribution in [1.82, 2.24) is 15.2 Å². The molecule has 4 nitrogen and oxygen atoms in total. The maximum atomic E-state index is 14.0. The SMILES string of the molecule is Fc1cccnc1[C@]1(CNc2ccc(Br)nn2)C[C@@H](F)C1. The van der Waals surface area contributed by atoms with Gasteiger partial charge in [-0.1, -0.05) is 0 Å². The fourth-order valence-electron chi connectivity index (χ4n) is 2.66. The van der Waals surface area contributed by atoms with Gasteiger partial charge in [0.05, 0.1) is 5.69 Å². The number of alkyl halides is 1. The molecule has 0 bridgehead atoms. The molecule has 0 aromatic carbocycles. The number of hydrogen-bond acceptors (Lipinski definition) is 4. The molecule has 1 fully saturated rings. The van der Waals surface area contributed by atoms with Crippen LogP contribution in [0, 0.1) is 5.82 Å². The predicted octanol–water partition coefficient (Wildman–Crippen LogP) is 3.26. The summed E-state index contributed by atoms with van der Waals surface area (Å²) in [5.41, 5.74) is -0.309. The fourth-order valence-corrected chi connectivity index (χ4v) is 2.87. The molecule has 1 N–H and O–H groups in total. The molecule has 0 saturated heterocycles. The van der Waals surface area contributed by atoms with E-state index in [1.54, 1.807) is 12.1 Å². The zero-order valence-electron chi connectivity index (χ0n) is 11.1. The molecular formula is C14H13BrF2N4. The van der Waals surface area contributed by atoms with E-state index in [1.165, 1.54) is 18.3 Å². The minimum atomic E-state index is -0.913. The van der Waals surface area contributed by atoms with Crippen molar-refractivity contribution in [2.75, 3.05) is 11.9 Å². The molecule has 2 aromatic heterocycles. The number of rotatable bonds is 4. The summed E-state index contributed by atoms with van der Waals surface area (Å²) in [7, 11) is 0. The summed E-state index contributed by atoms with van der Waals surface area (Å²) in [5, 5.41) is 10.9. The predicted molar refractivity (Wildman–Crippen MR) is 78.2 cm³/mol. The van der Waals surface area contributed by atoms with E-state index < -0.39 is 17.4 Å². The van der Waals surface area contributed by atoms with Crippen molar-refractivity contribution in [2.24, 2.45) is 0 Å². The van der Waals surface area contributed by atoms with Crippen LogP contribution in [0.3, 0.4) is 0 Å². The summed E-state index contributed by atoms with van der Waals surface area (Å²) < 4.78 is 28.0. The molecule has 0 radical (unpaired) electrons. The number of nitrogens with one attached hydrogen (secondary N) is 1. The maximum Gasteiger partial charge on any atom is 0.148 e. The summed E-state index contributed by atoms with van der Waals surface area (Å²) in [5.74, 6) is 0.171. The summed E-state index contributed by atoms with van der Waals surface area (Å²) in [6.07, 6.45) is 1.14. The molecule has 1 aliphatic rings. The van der Waals surface area contributed by atoms with Gasteiger partial charge in [-0.25, -0.2) is 8.78 Å². The Kier molecular flexibility index (Phi) is 3.84. The highest BCUT2D eigenvalue weighted by atomic mass is 79.9.